The highest BCUT2D eigenvalue weighted by Crippen LogP contribution is 2.28. The molecule has 62 valence electrons. The SMILES string of the molecule is O=C=Nc1ccccc1C(F)F. The van der Waals surface area contributed by atoms with Crippen molar-refractivity contribution >= 4 is 11.8 Å². The first kappa shape index (κ1) is 8.56. The van der Waals surface area contributed by atoms with Gasteiger partial charge in [-0.05, 0) is 6.07 Å². The van der Waals surface area contributed by atoms with Gasteiger partial charge >= 0.3 is 0 Å². The molecule has 4 heteroatoms. The van der Waals surface area contributed by atoms with Crippen LogP contribution in [0.25, 0.3) is 0 Å². The second-order valence-corrected chi connectivity index (χ2v) is 2.06. The van der Waals surface area contributed by atoms with Crippen molar-refractivity contribution in [2.75, 3.05) is 0 Å². The van der Waals surface area contributed by atoms with Gasteiger partial charge in [-0.25, -0.2) is 13.6 Å². The number of para-hydroxylation sites is 1. The van der Waals surface area contributed by atoms with E-state index in [0.717, 1.165) is 0 Å². The van der Waals surface area contributed by atoms with Crippen molar-refractivity contribution in [2.24, 2.45) is 4.99 Å². The Kier molecular flexibility index (Phi) is 2.66. The predicted molar refractivity (Wildman–Crippen MR) is 39.2 cm³/mol. The molecule has 0 aliphatic rings. The Morgan fingerprint density at radius 2 is 2.00 bits per heavy atom. The third-order valence-corrected chi connectivity index (χ3v) is 1.34. The predicted octanol–water partition coefficient (Wildman–Crippen LogP) is 2.59. The number of carbonyl (C=O) groups excluding carboxylic acids is 1. The van der Waals surface area contributed by atoms with Gasteiger partial charge in [0.25, 0.3) is 6.43 Å². The molecule has 0 radical (unpaired) electrons. The van der Waals surface area contributed by atoms with E-state index < -0.39 is 6.43 Å². The summed E-state index contributed by atoms with van der Waals surface area (Å²) in [6.45, 7) is 0. The minimum absolute atomic E-state index is 0.0255. The average Bonchev–Trinajstić information content (AvgIpc) is 2.05. The van der Waals surface area contributed by atoms with E-state index in [2.05, 4.69) is 4.99 Å². The molecule has 0 spiro atoms. The summed E-state index contributed by atoms with van der Waals surface area (Å²) >= 11 is 0. The van der Waals surface area contributed by atoms with Crippen LogP contribution in [-0.4, -0.2) is 6.08 Å². The maximum atomic E-state index is 12.2. The van der Waals surface area contributed by atoms with Crippen LogP contribution in [0, 0.1) is 0 Å². The Bertz CT molecular complexity index is 319. The van der Waals surface area contributed by atoms with Crippen molar-refractivity contribution < 1.29 is 13.6 Å². The summed E-state index contributed by atoms with van der Waals surface area (Å²) in [5, 5.41) is 0. The second kappa shape index (κ2) is 3.74. The number of hydrogen-bond donors (Lipinski definition) is 0. The minimum atomic E-state index is -2.61. The Balaban J connectivity index is 3.17. The molecular weight excluding hydrogens is 164 g/mol. The quantitative estimate of drug-likeness (QED) is 0.494. The maximum absolute atomic E-state index is 12.2. The largest absolute Gasteiger partial charge is 0.265 e. The molecule has 0 heterocycles. The van der Waals surface area contributed by atoms with E-state index in [1.807, 2.05) is 0 Å². The van der Waals surface area contributed by atoms with E-state index in [4.69, 9.17) is 0 Å². The number of rotatable bonds is 2. The fourth-order valence-electron chi connectivity index (χ4n) is 0.823. The topological polar surface area (TPSA) is 29.4 Å². The van der Waals surface area contributed by atoms with Crippen LogP contribution in [0.3, 0.4) is 0 Å². The number of benzene rings is 1. The number of nitrogens with zero attached hydrogens (tertiary/aromatic N) is 1. The van der Waals surface area contributed by atoms with Crippen molar-refractivity contribution in [3.8, 4) is 0 Å². The van der Waals surface area contributed by atoms with Crippen LogP contribution in [0.15, 0.2) is 29.3 Å². The zero-order valence-corrected chi connectivity index (χ0v) is 6.00. The molecule has 0 unspecified atom stereocenters. The molecule has 0 N–H and O–H groups in total. The molecule has 0 atom stereocenters. The summed E-state index contributed by atoms with van der Waals surface area (Å²) in [5.74, 6) is 0. The standard InChI is InChI=1S/C8H5F2NO/c9-8(10)6-3-1-2-4-7(6)11-5-12/h1-4,8H. The van der Waals surface area contributed by atoms with Gasteiger partial charge in [0.2, 0.25) is 6.08 Å². The molecular formula is C8H5F2NO. The first-order valence-corrected chi connectivity index (χ1v) is 3.20. The lowest BCUT2D eigenvalue weighted by Gasteiger charge is -2.00. The summed E-state index contributed by atoms with van der Waals surface area (Å²) in [5.41, 5.74) is -0.275. The fourth-order valence-corrected chi connectivity index (χ4v) is 0.823. The van der Waals surface area contributed by atoms with Crippen LogP contribution >= 0.6 is 0 Å². The molecule has 0 fully saturated rings. The van der Waals surface area contributed by atoms with Crippen LogP contribution < -0.4 is 0 Å². The Labute approximate surface area is 67.5 Å². The first-order valence-electron chi connectivity index (χ1n) is 3.20. The fraction of sp³-hybridized carbons (Fsp3) is 0.125. The van der Waals surface area contributed by atoms with Gasteiger partial charge in [0.05, 0.1) is 5.69 Å². The molecule has 12 heavy (non-hydrogen) atoms. The van der Waals surface area contributed by atoms with Crippen LogP contribution in [0.2, 0.25) is 0 Å². The highest BCUT2D eigenvalue weighted by Gasteiger charge is 2.10. The molecule has 0 amide bonds. The van der Waals surface area contributed by atoms with Gasteiger partial charge in [-0.15, -0.1) is 0 Å². The van der Waals surface area contributed by atoms with Gasteiger partial charge in [-0.2, -0.15) is 4.99 Å². The van der Waals surface area contributed by atoms with Gasteiger partial charge in [0.1, 0.15) is 0 Å². The number of alkyl halides is 2. The summed E-state index contributed by atoms with van der Waals surface area (Å²) in [7, 11) is 0. The molecule has 0 saturated carbocycles. The van der Waals surface area contributed by atoms with Crippen LogP contribution in [-0.2, 0) is 4.79 Å². The van der Waals surface area contributed by atoms with Gasteiger partial charge < -0.3 is 0 Å². The summed E-state index contributed by atoms with van der Waals surface area (Å²) in [4.78, 5) is 13.0. The highest BCUT2D eigenvalue weighted by atomic mass is 19.3. The van der Waals surface area contributed by atoms with E-state index in [9.17, 15) is 13.6 Å². The molecule has 0 saturated heterocycles. The third kappa shape index (κ3) is 1.74. The molecule has 1 aromatic carbocycles. The molecule has 0 aromatic heterocycles. The van der Waals surface area contributed by atoms with E-state index >= 15 is 0 Å². The van der Waals surface area contributed by atoms with E-state index in [0.29, 0.717) is 0 Å². The lowest BCUT2D eigenvalue weighted by Crippen LogP contribution is -1.83. The van der Waals surface area contributed by atoms with Crippen molar-refractivity contribution in [1.29, 1.82) is 0 Å². The minimum Gasteiger partial charge on any atom is -0.211 e. The molecule has 1 rings (SSSR count). The summed E-state index contributed by atoms with van der Waals surface area (Å²) < 4.78 is 24.3. The zero-order valence-electron chi connectivity index (χ0n) is 6.00. The van der Waals surface area contributed by atoms with Crippen LogP contribution in [0.4, 0.5) is 14.5 Å². The Morgan fingerprint density at radius 1 is 1.33 bits per heavy atom. The molecule has 0 bridgehead atoms. The highest BCUT2D eigenvalue weighted by molar-refractivity contribution is 5.53. The van der Waals surface area contributed by atoms with Crippen molar-refractivity contribution in [3.05, 3.63) is 29.8 Å². The van der Waals surface area contributed by atoms with Crippen molar-refractivity contribution in [2.45, 2.75) is 6.43 Å². The number of halogens is 2. The van der Waals surface area contributed by atoms with Crippen molar-refractivity contribution in [1.82, 2.24) is 0 Å². The summed E-state index contributed by atoms with van der Waals surface area (Å²) in [6.07, 6.45) is -1.39. The smallest absolute Gasteiger partial charge is 0.211 e. The number of hydrogen-bond acceptors (Lipinski definition) is 2. The van der Waals surface area contributed by atoms with Gasteiger partial charge in [0, 0.05) is 5.56 Å². The average molecular weight is 169 g/mol. The maximum Gasteiger partial charge on any atom is 0.265 e. The summed E-state index contributed by atoms with van der Waals surface area (Å²) in [6, 6.07) is 5.56. The monoisotopic (exact) mass is 169 g/mol. The molecule has 0 aliphatic carbocycles. The molecule has 1 aromatic rings. The lowest BCUT2D eigenvalue weighted by molar-refractivity contribution is 0.152. The number of isocyanates is 1. The van der Waals surface area contributed by atoms with E-state index in [1.54, 1.807) is 0 Å². The third-order valence-electron chi connectivity index (χ3n) is 1.34. The van der Waals surface area contributed by atoms with Gasteiger partial charge in [-0.3, -0.25) is 0 Å². The normalized spacial score (nSPS) is 9.58. The Morgan fingerprint density at radius 3 is 2.58 bits per heavy atom. The van der Waals surface area contributed by atoms with Gasteiger partial charge in [-0.1, -0.05) is 18.2 Å². The number of aliphatic imine (C=N–C) groups is 1. The van der Waals surface area contributed by atoms with Crippen LogP contribution in [0.5, 0.6) is 0 Å². The van der Waals surface area contributed by atoms with Crippen molar-refractivity contribution in [3.63, 3.8) is 0 Å². The molecule has 0 aliphatic heterocycles. The zero-order chi connectivity index (χ0) is 8.97. The van der Waals surface area contributed by atoms with E-state index in [1.165, 1.54) is 30.3 Å². The molecule has 2 nitrogen and oxygen atoms in total. The first-order chi connectivity index (χ1) is 5.75. The second-order valence-electron chi connectivity index (χ2n) is 2.06. The van der Waals surface area contributed by atoms with Gasteiger partial charge in [0.15, 0.2) is 0 Å². The Hall–Kier alpha value is -1.54. The lowest BCUT2D eigenvalue weighted by atomic mass is 10.2. The van der Waals surface area contributed by atoms with Crippen LogP contribution in [0.1, 0.15) is 12.0 Å². The van der Waals surface area contributed by atoms with E-state index in [-0.39, 0.29) is 11.3 Å².